The molecular formula is C21H23FN2. The number of nitrogens with zero attached hydrogens (tertiary/aromatic N) is 2. The molecule has 1 aromatic heterocycles. The number of unbranched alkanes of at least 4 members (excludes halogenated alkanes) is 2. The molecule has 24 heavy (non-hydrogen) atoms. The second kappa shape index (κ2) is 7.91. The minimum absolute atomic E-state index is 0.176. The van der Waals surface area contributed by atoms with Crippen LogP contribution in [0.25, 0.3) is 11.1 Å². The molecule has 0 aliphatic carbocycles. The van der Waals surface area contributed by atoms with E-state index in [1.807, 2.05) is 48.9 Å². The standard InChI is InChI=1S/C21H23FN2/c1-2-3-5-10-21(24-14-13-23-16-24)19-12-11-18(22)15-20(19)17-8-6-4-7-9-17/h4,6-9,11-16,21H,2-3,5,10H2,1H3. The molecule has 0 amide bonds. The molecule has 0 aliphatic rings. The molecule has 0 aliphatic heterocycles. The predicted molar refractivity (Wildman–Crippen MR) is 96.3 cm³/mol. The van der Waals surface area contributed by atoms with Crippen LogP contribution >= 0.6 is 0 Å². The molecule has 0 radical (unpaired) electrons. The van der Waals surface area contributed by atoms with Crippen LogP contribution in [0.3, 0.4) is 0 Å². The summed E-state index contributed by atoms with van der Waals surface area (Å²) in [5, 5.41) is 0. The van der Waals surface area contributed by atoms with Gasteiger partial charge in [0.1, 0.15) is 5.82 Å². The molecule has 1 unspecified atom stereocenters. The third-order valence-electron chi connectivity index (χ3n) is 4.43. The zero-order valence-corrected chi connectivity index (χ0v) is 14.0. The molecule has 0 saturated carbocycles. The molecule has 3 heteroatoms. The Kier molecular flexibility index (Phi) is 5.42. The summed E-state index contributed by atoms with van der Waals surface area (Å²) in [5.41, 5.74) is 3.16. The molecule has 0 fully saturated rings. The Hall–Kier alpha value is -2.42. The molecule has 1 heterocycles. The SMILES string of the molecule is CCCCCC(c1ccc(F)cc1-c1ccccc1)n1ccnc1. The van der Waals surface area contributed by atoms with Crippen LogP contribution in [0.2, 0.25) is 0 Å². The van der Waals surface area contributed by atoms with Crippen molar-refractivity contribution in [3.63, 3.8) is 0 Å². The van der Waals surface area contributed by atoms with Crippen LogP contribution < -0.4 is 0 Å². The highest BCUT2D eigenvalue weighted by Crippen LogP contribution is 2.34. The van der Waals surface area contributed by atoms with Crippen molar-refractivity contribution in [1.82, 2.24) is 9.55 Å². The smallest absolute Gasteiger partial charge is 0.123 e. The van der Waals surface area contributed by atoms with Crippen LogP contribution in [0.4, 0.5) is 4.39 Å². The van der Waals surface area contributed by atoms with Crippen molar-refractivity contribution in [2.75, 3.05) is 0 Å². The first-order valence-corrected chi connectivity index (χ1v) is 8.62. The number of aromatic nitrogens is 2. The van der Waals surface area contributed by atoms with Gasteiger partial charge < -0.3 is 4.57 Å². The first kappa shape index (κ1) is 16.4. The number of benzene rings is 2. The average Bonchev–Trinajstić information content (AvgIpc) is 3.14. The molecule has 0 spiro atoms. The lowest BCUT2D eigenvalue weighted by atomic mass is 9.91. The summed E-state index contributed by atoms with van der Waals surface area (Å²) >= 11 is 0. The largest absolute Gasteiger partial charge is 0.330 e. The van der Waals surface area contributed by atoms with Gasteiger partial charge >= 0.3 is 0 Å². The average molecular weight is 322 g/mol. The zero-order chi connectivity index (χ0) is 16.8. The monoisotopic (exact) mass is 322 g/mol. The lowest BCUT2D eigenvalue weighted by molar-refractivity contribution is 0.504. The second-order valence-electron chi connectivity index (χ2n) is 6.12. The van der Waals surface area contributed by atoms with Crippen LogP contribution in [0, 0.1) is 5.82 Å². The van der Waals surface area contributed by atoms with Gasteiger partial charge in [-0.1, -0.05) is 62.6 Å². The van der Waals surface area contributed by atoms with Crippen molar-refractivity contribution in [2.24, 2.45) is 0 Å². The maximum Gasteiger partial charge on any atom is 0.123 e. The number of halogens is 1. The Bertz CT molecular complexity index is 751. The van der Waals surface area contributed by atoms with Gasteiger partial charge in [0, 0.05) is 12.4 Å². The highest BCUT2D eigenvalue weighted by molar-refractivity contribution is 5.68. The Balaban J connectivity index is 2.04. The van der Waals surface area contributed by atoms with Gasteiger partial charge in [0.05, 0.1) is 12.4 Å². The first-order valence-electron chi connectivity index (χ1n) is 8.62. The van der Waals surface area contributed by atoms with E-state index in [0.717, 1.165) is 29.5 Å². The summed E-state index contributed by atoms with van der Waals surface area (Å²) in [4.78, 5) is 4.21. The van der Waals surface area contributed by atoms with Crippen molar-refractivity contribution in [2.45, 2.75) is 38.6 Å². The van der Waals surface area contributed by atoms with E-state index >= 15 is 0 Å². The minimum Gasteiger partial charge on any atom is -0.330 e. The van der Waals surface area contributed by atoms with Crippen LogP contribution in [0.15, 0.2) is 67.3 Å². The lowest BCUT2D eigenvalue weighted by Crippen LogP contribution is -2.10. The molecule has 0 N–H and O–H groups in total. The molecule has 0 bridgehead atoms. The molecule has 0 saturated heterocycles. The Morgan fingerprint density at radius 1 is 1.08 bits per heavy atom. The van der Waals surface area contributed by atoms with Gasteiger partial charge in [0.25, 0.3) is 0 Å². The van der Waals surface area contributed by atoms with Crippen molar-refractivity contribution >= 4 is 0 Å². The van der Waals surface area contributed by atoms with E-state index in [0.29, 0.717) is 0 Å². The molecule has 2 aromatic carbocycles. The predicted octanol–water partition coefficient (Wildman–Crippen LogP) is 5.86. The maximum absolute atomic E-state index is 13.9. The number of rotatable bonds is 7. The fourth-order valence-electron chi connectivity index (χ4n) is 3.19. The Labute approximate surface area is 143 Å². The van der Waals surface area contributed by atoms with Crippen molar-refractivity contribution in [1.29, 1.82) is 0 Å². The summed E-state index contributed by atoms with van der Waals surface area (Å²) in [7, 11) is 0. The van der Waals surface area contributed by atoms with Crippen LogP contribution in [-0.4, -0.2) is 9.55 Å². The summed E-state index contributed by atoms with van der Waals surface area (Å²) in [5.74, 6) is -0.199. The zero-order valence-electron chi connectivity index (χ0n) is 14.0. The number of hydrogen-bond acceptors (Lipinski definition) is 1. The molecule has 124 valence electrons. The van der Waals surface area contributed by atoms with E-state index in [4.69, 9.17) is 0 Å². The van der Waals surface area contributed by atoms with E-state index < -0.39 is 0 Å². The van der Waals surface area contributed by atoms with E-state index in [9.17, 15) is 4.39 Å². The highest BCUT2D eigenvalue weighted by Gasteiger charge is 2.18. The minimum atomic E-state index is -0.199. The van der Waals surface area contributed by atoms with Gasteiger partial charge in [-0.05, 0) is 35.2 Å². The van der Waals surface area contributed by atoms with Crippen LogP contribution in [-0.2, 0) is 0 Å². The Morgan fingerprint density at radius 2 is 1.92 bits per heavy atom. The van der Waals surface area contributed by atoms with Crippen LogP contribution in [0.5, 0.6) is 0 Å². The third kappa shape index (κ3) is 3.73. The Morgan fingerprint density at radius 3 is 2.62 bits per heavy atom. The van der Waals surface area contributed by atoms with Gasteiger partial charge in [-0.15, -0.1) is 0 Å². The lowest BCUT2D eigenvalue weighted by Gasteiger charge is -2.22. The maximum atomic E-state index is 13.9. The van der Waals surface area contributed by atoms with Crippen molar-refractivity contribution in [3.05, 3.63) is 78.6 Å². The van der Waals surface area contributed by atoms with Gasteiger partial charge in [0.2, 0.25) is 0 Å². The third-order valence-corrected chi connectivity index (χ3v) is 4.43. The summed E-state index contributed by atoms with van der Waals surface area (Å²) in [6.07, 6.45) is 10.2. The highest BCUT2D eigenvalue weighted by atomic mass is 19.1. The fraction of sp³-hybridized carbons (Fsp3) is 0.286. The summed E-state index contributed by atoms with van der Waals surface area (Å²) in [6, 6.07) is 15.4. The van der Waals surface area contributed by atoms with Crippen molar-refractivity contribution in [3.8, 4) is 11.1 Å². The summed E-state index contributed by atoms with van der Waals surface area (Å²) in [6.45, 7) is 2.21. The number of hydrogen-bond donors (Lipinski definition) is 0. The normalized spacial score (nSPS) is 12.2. The quantitative estimate of drug-likeness (QED) is 0.498. The molecule has 3 rings (SSSR count). The molecule has 2 nitrogen and oxygen atoms in total. The molecule has 1 atom stereocenters. The van der Waals surface area contributed by atoms with E-state index in [1.165, 1.54) is 12.8 Å². The topological polar surface area (TPSA) is 17.8 Å². The van der Waals surface area contributed by atoms with Crippen LogP contribution in [0.1, 0.15) is 44.2 Å². The molecular weight excluding hydrogens is 299 g/mol. The second-order valence-corrected chi connectivity index (χ2v) is 6.12. The van der Waals surface area contributed by atoms with Crippen molar-refractivity contribution < 1.29 is 4.39 Å². The van der Waals surface area contributed by atoms with Gasteiger partial charge in [-0.2, -0.15) is 0 Å². The fourth-order valence-corrected chi connectivity index (χ4v) is 3.19. The van der Waals surface area contributed by atoms with Gasteiger partial charge in [-0.25, -0.2) is 9.37 Å². The van der Waals surface area contributed by atoms with E-state index in [2.05, 4.69) is 16.5 Å². The van der Waals surface area contributed by atoms with E-state index in [-0.39, 0.29) is 11.9 Å². The van der Waals surface area contributed by atoms with Gasteiger partial charge in [0.15, 0.2) is 0 Å². The first-order chi connectivity index (χ1) is 11.8. The molecule has 3 aromatic rings. The van der Waals surface area contributed by atoms with Gasteiger partial charge in [-0.3, -0.25) is 0 Å². The van der Waals surface area contributed by atoms with E-state index in [1.54, 1.807) is 18.3 Å². The number of imidazole rings is 1. The summed E-state index contributed by atoms with van der Waals surface area (Å²) < 4.78 is 16.1.